The second-order valence-electron chi connectivity index (χ2n) is 5.73. The van der Waals surface area contributed by atoms with Crippen LogP contribution in [0, 0.1) is 5.92 Å². The molecule has 0 saturated heterocycles. The summed E-state index contributed by atoms with van der Waals surface area (Å²) < 4.78 is 0. The summed E-state index contributed by atoms with van der Waals surface area (Å²) in [5.41, 5.74) is 3.32. The fourth-order valence-electron chi connectivity index (χ4n) is 3.30. The SMILES string of the molecule is CC(=O)C1CCCc2c(nc3cc4c[nH][nH]c4cc23)C1=O. The van der Waals surface area contributed by atoms with Gasteiger partial charge in [0.25, 0.3) is 0 Å². The third kappa shape index (κ3) is 1.73. The molecule has 0 saturated carbocycles. The molecule has 1 unspecified atom stereocenters. The highest BCUT2D eigenvalue weighted by Gasteiger charge is 2.31. The summed E-state index contributed by atoms with van der Waals surface area (Å²) >= 11 is 0. The highest BCUT2D eigenvalue weighted by molar-refractivity contribution is 6.13. The molecular weight excluding hydrogens is 266 g/mol. The van der Waals surface area contributed by atoms with Crippen molar-refractivity contribution in [3.8, 4) is 0 Å². The van der Waals surface area contributed by atoms with E-state index in [-0.39, 0.29) is 11.6 Å². The molecule has 2 N–H and O–H groups in total. The van der Waals surface area contributed by atoms with Gasteiger partial charge in [-0.1, -0.05) is 0 Å². The van der Waals surface area contributed by atoms with E-state index in [0.29, 0.717) is 12.1 Å². The van der Waals surface area contributed by atoms with Crippen LogP contribution >= 0.6 is 0 Å². The maximum atomic E-state index is 12.6. The van der Waals surface area contributed by atoms with Gasteiger partial charge in [0, 0.05) is 17.0 Å². The number of ketones is 2. The van der Waals surface area contributed by atoms with Crippen LogP contribution in [0.3, 0.4) is 0 Å². The zero-order valence-electron chi connectivity index (χ0n) is 11.7. The topological polar surface area (TPSA) is 78.6 Å². The Morgan fingerprint density at radius 1 is 1.38 bits per heavy atom. The van der Waals surface area contributed by atoms with Gasteiger partial charge in [0.15, 0.2) is 5.78 Å². The van der Waals surface area contributed by atoms with Gasteiger partial charge in [-0.2, -0.15) is 0 Å². The minimum Gasteiger partial charge on any atom is -0.307 e. The smallest absolute Gasteiger partial charge is 0.191 e. The van der Waals surface area contributed by atoms with Gasteiger partial charge in [0.2, 0.25) is 0 Å². The second kappa shape index (κ2) is 4.28. The molecule has 2 aromatic heterocycles. The molecule has 0 amide bonds. The zero-order chi connectivity index (χ0) is 14.6. The molecular formula is C16H15N3O2. The van der Waals surface area contributed by atoms with Crippen LogP contribution in [0.1, 0.15) is 35.8 Å². The van der Waals surface area contributed by atoms with Crippen LogP contribution in [0.2, 0.25) is 0 Å². The van der Waals surface area contributed by atoms with E-state index in [1.807, 2.05) is 18.3 Å². The van der Waals surface area contributed by atoms with Crippen molar-refractivity contribution in [3.63, 3.8) is 0 Å². The lowest BCUT2D eigenvalue weighted by molar-refractivity contribution is -0.119. The van der Waals surface area contributed by atoms with Gasteiger partial charge in [0.05, 0.1) is 17.0 Å². The van der Waals surface area contributed by atoms with Crippen molar-refractivity contribution in [2.75, 3.05) is 0 Å². The number of carbonyl (C=O) groups is 2. The van der Waals surface area contributed by atoms with Gasteiger partial charge in [-0.3, -0.25) is 9.59 Å². The van der Waals surface area contributed by atoms with Crippen LogP contribution in [0.15, 0.2) is 18.3 Å². The molecule has 0 fully saturated rings. The summed E-state index contributed by atoms with van der Waals surface area (Å²) in [4.78, 5) is 28.8. The van der Waals surface area contributed by atoms with E-state index in [1.165, 1.54) is 6.92 Å². The van der Waals surface area contributed by atoms with Gasteiger partial charge >= 0.3 is 0 Å². The number of nitrogens with zero attached hydrogens (tertiary/aromatic N) is 1. The van der Waals surface area contributed by atoms with E-state index in [2.05, 4.69) is 15.2 Å². The number of hydrogen-bond donors (Lipinski definition) is 2. The summed E-state index contributed by atoms with van der Waals surface area (Å²) in [6, 6.07) is 4.01. The summed E-state index contributed by atoms with van der Waals surface area (Å²) in [5.74, 6) is -0.684. The van der Waals surface area contributed by atoms with Crippen LogP contribution < -0.4 is 0 Å². The third-order valence-electron chi connectivity index (χ3n) is 4.41. The Labute approximate surface area is 120 Å². The molecule has 1 aromatic carbocycles. The number of H-pyrrole nitrogens is 2. The quantitative estimate of drug-likeness (QED) is 0.531. The summed E-state index contributed by atoms with van der Waals surface area (Å²) in [5, 5.41) is 8.08. The number of aromatic nitrogens is 3. The van der Waals surface area contributed by atoms with Crippen molar-refractivity contribution in [3.05, 3.63) is 29.6 Å². The molecule has 0 spiro atoms. The van der Waals surface area contributed by atoms with Crippen LogP contribution in [0.4, 0.5) is 0 Å². The Kier molecular flexibility index (Phi) is 2.51. The Bertz CT molecular complexity index is 888. The molecule has 4 rings (SSSR count). The number of fused-ring (bicyclic) bond motifs is 4. The minimum absolute atomic E-state index is 0.0541. The number of aryl methyl sites for hydroxylation is 1. The molecule has 1 aliphatic carbocycles. The largest absolute Gasteiger partial charge is 0.307 e. The molecule has 0 radical (unpaired) electrons. The Hall–Kier alpha value is -2.43. The van der Waals surface area contributed by atoms with Crippen LogP contribution in [-0.2, 0) is 11.2 Å². The lowest BCUT2D eigenvalue weighted by Crippen LogP contribution is -2.21. The van der Waals surface area contributed by atoms with Crippen molar-refractivity contribution < 1.29 is 9.59 Å². The number of hydrogen-bond acceptors (Lipinski definition) is 3. The first-order valence-electron chi connectivity index (χ1n) is 7.18. The van der Waals surface area contributed by atoms with Gasteiger partial charge in [-0.05, 0) is 43.9 Å². The predicted molar refractivity (Wildman–Crippen MR) is 79.4 cm³/mol. The molecule has 1 aliphatic rings. The number of Topliss-reactive ketones (excluding diaryl/α,β-unsaturated/α-hetero) is 2. The summed E-state index contributed by atoms with van der Waals surface area (Å²) in [7, 11) is 0. The van der Waals surface area contributed by atoms with Crippen LogP contribution in [0.5, 0.6) is 0 Å². The van der Waals surface area contributed by atoms with E-state index in [1.54, 1.807) is 0 Å². The first-order valence-corrected chi connectivity index (χ1v) is 7.18. The van der Waals surface area contributed by atoms with Crippen molar-refractivity contribution in [1.82, 2.24) is 15.2 Å². The Morgan fingerprint density at radius 3 is 3.05 bits per heavy atom. The van der Waals surface area contributed by atoms with Gasteiger partial charge in [-0.25, -0.2) is 4.98 Å². The third-order valence-corrected chi connectivity index (χ3v) is 4.41. The van der Waals surface area contributed by atoms with Crippen molar-refractivity contribution >= 4 is 33.4 Å². The average molecular weight is 281 g/mol. The Balaban J connectivity index is 1.97. The number of rotatable bonds is 1. The molecule has 0 bridgehead atoms. The highest BCUT2D eigenvalue weighted by Crippen LogP contribution is 2.32. The lowest BCUT2D eigenvalue weighted by atomic mass is 9.95. The molecule has 2 heterocycles. The predicted octanol–water partition coefficient (Wildman–Crippen LogP) is 2.77. The fraction of sp³-hybridized carbons (Fsp3) is 0.312. The zero-order valence-corrected chi connectivity index (χ0v) is 11.7. The number of aromatic amines is 2. The molecule has 106 valence electrons. The highest BCUT2D eigenvalue weighted by atomic mass is 16.1. The van der Waals surface area contributed by atoms with Crippen molar-refractivity contribution in [2.24, 2.45) is 5.92 Å². The standard InChI is InChI=1S/C16H15N3O2/c1-8(20)10-3-2-4-11-12-6-13-9(7-17-19-13)5-14(12)18-15(11)16(10)21/h5-7,10,17,19H,2-4H2,1H3. The molecule has 5 nitrogen and oxygen atoms in total. The maximum absolute atomic E-state index is 12.6. The van der Waals surface area contributed by atoms with E-state index in [4.69, 9.17) is 0 Å². The summed E-state index contributed by atoms with van der Waals surface area (Å²) in [6.07, 6.45) is 4.15. The van der Waals surface area contributed by atoms with Crippen molar-refractivity contribution in [2.45, 2.75) is 26.2 Å². The van der Waals surface area contributed by atoms with E-state index >= 15 is 0 Å². The number of nitrogens with one attached hydrogen (secondary N) is 2. The van der Waals surface area contributed by atoms with E-state index in [9.17, 15) is 9.59 Å². The van der Waals surface area contributed by atoms with E-state index in [0.717, 1.165) is 40.2 Å². The monoisotopic (exact) mass is 281 g/mol. The molecule has 5 heteroatoms. The average Bonchev–Trinajstić information content (AvgIpc) is 3.00. The lowest BCUT2D eigenvalue weighted by Gasteiger charge is -2.07. The summed E-state index contributed by atoms with van der Waals surface area (Å²) in [6.45, 7) is 1.50. The molecule has 0 aliphatic heterocycles. The van der Waals surface area contributed by atoms with Gasteiger partial charge in [-0.15, -0.1) is 0 Å². The first-order chi connectivity index (χ1) is 10.1. The van der Waals surface area contributed by atoms with Gasteiger partial charge in [0.1, 0.15) is 11.5 Å². The normalized spacial score (nSPS) is 18.9. The maximum Gasteiger partial charge on any atom is 0.191 e. The van der Waals surface area contributed by atoms with Crippen LogP contribution in [0.25, 0.3) is 21.8 Å². The molecule has 1 atom stereocenters. The second-order valence-corrected chi connectivity index (χ2v) is 5.73. The first kappa shape index (κ1) is 12.3. The van der Waals surface area contributed by atoms with Crippen LogP contribution in [-0.4, -0.2) is 26.7 Å². The molecule has 21 heavy (non-hydrogen) atoms. The Morgan fingerprint density at radius 2 is 2.24 bits per heavy atom. The minimum atomic E-state index is -0.520. The van der Waals surface area contributed by atoms with Crippen molar-refractivity contribution in [1.29, 1.82) is 0 Å². The molecule has 3 aromatic rings. The number of carbonyl (C=O) groups excluding carboxylic acids is 2. The number of benzene rings is 1. The van der Waals surface area contributed by atoms with Gasteiger partial charge < -0.3 is 10.2 Å². The van der Waals surface area contributed by atoms with E-state index < -0.39 is 5.92 Å². The fourth-order valence-corrected chi connectivity index (χ4v) is 3.30.